The molecular formula is C25H26BrNO5S. The Morgan fingerprint density at radius 1 is 1.18 bits per heavy atom. The van der Waals surface area contributed by atoms with Crippen molar-refractivity contribution in [2.24, 2.45) is 0 Å². The summed E-state index contributed by atoms with van der Waals surface area (Å²) in [6, 6.07) is 11.0. The lowest BCUT2D eigenvalue weighted by atomic mass is 9.53. The van der Waals surface area contributed by atoms with Crippen LogP contribution in [0.3, 0.4) is 0 Å². The summed E-state index contributed by atoms with van der Waals surface area (Å²) < 4.78 is 44.1. The van der Waals surface area contributed by atoms with Crippen LogP contribution in [0.1, 0.15) is 23.1 Å². The standard InChI is InChI=1S/C25H26BrNO5S/c1-15-4-7-17(8-5-15)33(28,29)32-19-10-11-25(26)20-14-16-6-9-18(30-3)22-21(16)24(25,23(19)31-22)12-13-27(20)2/h4-11,19-20,23H,12-14H2,1-3H3/t19-,20+,23-,24-,25+/m0/s1. The predicted octanol–water partition coefficient (Wildman–Crippen LogP) is 3.74. The predicted molar refractivity (Wildman–Crippen MR) is 128 cm³/mol. The Hall–Kier alpha value is -1.87. The number of aryl methyl sites for hydroxylation is 1. The third-order valence-corrected chi connectivity index (χ3v) is 10.8. The molecule has 174 valence electrons. The summed E-state index contributed by atoms with van der Waals surface area (Å²) in [5.74, 6) is 1.39. The summed E-state index contributed by atoms with van der Waals surface area (Å²) in [6.07, 6.45) is 4.41. The van der Waals surface area contributed by atoms with Crippen molar-refractivity contribution in [2.75, 3.05) is 20.7 Å². The van der Waals surface area contributed by atoms with Gasteiger partial charge in [0.05, 0.1) is 21.7 Å². The third kappa shape index (κ3) is 2.75. The van der Waals surface area contributed by atoms with Gasteiger partial charge in [0, 0.05) is 11.6 Å². The van der Waals surface area contributed by atoms with E-state index in [4.69, 9.17) is 13.7 Å². The highest BCUT2D eigenvalue weighted by atomic mass is 79.9. The molecule has 6 rings (SSSR count). The Kier molecular flexibility index (Phi) is 4.64. The highest BCUT2D eigenvalue weighted by Gasteiger charge is 2.71. The average molecular weight is 532 g/mol. The van der Waals surface area contributed by atoms with Gasteiger partial charge in [0.25, 0.3) is 10.1 Å². The van der Waals surface area contributed by atoms with Crippen LogP contribution in [-0.2, 0) is 26.1 Å². The molecule has 6 nitrogen and oxygen atoms in total. The zero-order valence-corrected chi connectivity index (χ0v) is 21.1. The van der Waals surface area contributed by atoms with Crippen molar-refractivity contribution in [3.8, 4) is 11.5 Å². The molecule has 8 heteroatoms. The summed E-state index contributed by atoms with van der Waals surface area (Å²) >= 11 is 4.14. The van der Waals surface area contributed by atoms with Gasteiger partial charge in [-0.15, -0.1) is 0 Å². The topological polar surface area (TPSA) is 65.1 Å². The second-order valence-corrected chi connectivity index (χ2v) is 12.4. The number of ether oxygens (including phenoxy) is 2. The van der Waals surface area contributed by atoms with Gasteiger partial charge in [-0.3, -0.25) is 4.18 Å². The van der Waals surface area contributed by atoms with E-state index in [2.05, 4.69) is 40.0 Å². The smallest absolute Gasteiger partial charge is 0.297 e. The van der Waals surface area contributed by atoms with Gasteiger partial charge in [-0.1, -0.05) is 51.8 Å². The van der Waals surface area contributed by atoms with Crippen molar-refractivity contribution >= 4 is 26.0 Å². The number of methoxy groups -OCH3 is 1. The number of rotatable bonds is 4. The highest BCUT2D eigenvalue weighted by Crippen LogP contribution is 2.67. The number of nitrogens with zero attached hydrogens (tertiary/aromatic N) is 1. The van der Waals surface area contributed by atoms with Gasteiger partial charge < -0.3 is 14.4 Å². The minimum atomic E-state index is -3.98. The number of hydrogen-bond donors (Lipinski definition) is 0. The zero-order chi connectivity index (χ0) is 23.2. The number of benzene rings is 2. The van der Waals surface area contributed by atoms with E-state index in [-0.39, 0.29) is 10.9 Å². The molecule has 0 radical (unpaired) electrons. The van der Waals surface area contributed by atoms with Gasteiger partial charge in [0.15, 0.2) is 11.5 Å². The maximum Gasteiger partial charge on any atom is 0.297 e. The molecule has 2 aliphatic carbocycles. The van der Waals surface area contributed by atoms with E-state index in [1.165, 1.54) is 5.56 Å². The normalized spacial score (nSPS) is 34.0. The number of piperidine rings is 1. The van der Waals surface area contributed by atoms with Crippen LogP contribution in [0.15, 0.2) is 53.4 Å². The lowest BCUT2D eigenvalue weighted by Crippen LogP contribution is -2.72. The minimum absolute atomic E-state index is 0.147. The lowest BCUT2D eigenvalue weighted by Gasteiger charge is -2.61. The van der Waals surface area contributed by atoms with E-state index in [0.717, 1.165) is 36.3 Å². The maximum atomic E-state index is 13.2. The molecule has 1 fully saturated rings. The van der Waals surface area contributed by atoms with Crippen molar-refractivity contribution in [3.63, 3.8) is 0 Å². The maximum absolute atomic E-state index is 13.2. The molecule has 33 heavy (non-hydrogen) atoms. The summed E-state index contributed by atoms with van der Waals surface area (Å²) in [5, 5.41) is 0. The number of halogens is 1. The number of hydrogen-bond acceptors (Lipinski definition) is 6. The Morgan fingerprint density at radius 2 is 1.94 bits per heavy atom. The molecule has 0 saturated carbocycles. The van der Waals surface area contributed by atoms with E-state index in [1.54, 1.807) is 31.4 Å². The first-order chi connectivity index (χ1) is 15.7. The molecule has 2 bridgehead atoms. The van der Waals surface area contributed by atoms with Crippen LogP contribution in [-0.4, -0.2) is 56.6 Å². The number of likely N-dealkylation sites (N-methyl/N-ethyl adjacent to an activating group) is 1. The van der Waals surface area contributed by atoms with Crippen molar-refractivity contribution in [1.82, 2.24) is 4.90 Å². The lowest BCUT2D eigenvalue weighted by molar-refractivity contribution is -0.0210. The summed E-state index contributed by atoms with van der Waals surface area (Å²) in [6.45, 7) is 2.81. The highest BCUT2D eigenvalue weighted by molar-refractivity contribution is 9.10. The van der Waals surface area contributed by atoms with Crippen LogP contribution in [0.25, 0.3) is 0 Å². The summed E-state index contributed by atoms with van der Waals surface area (Å²) in [7, 11) is -0.189. The SMILES string of the molecule is COc1ccc2c3c1O[C@H]1[C@@H](OS(=O)(=O)c4ccc(C)cc4)C=C[C@@]4(Br)[C@@H](C2)N(C)CC[C@]314. The van der Waals surface area contributed by atoms with Gasteiger partial charge in [-0.05, 0) is 57.1 Å². The molecule has 1 spiro atoms. The second kappa shape index (κ2) is 7.07. The van der Waals surface area contributed by atoms with E-state index < -0.39 is 32.1 Å². The first-order valence-electron chi connectivity index (χ1n) is 11.2. The van der Waals surface area contributed by atoms with Gasteiger partial charge >= 0.3 is 0 Å². The molecule has 2 aromatic carbocycles. The Morgan fingerprint density at radius 3 is 2.67 bits per heavy atom. The molecule has 0 N–H and O–H groups in total. The van der Waals surface area contributed by atoms with Crippen LogP contribution in [0.4, 0.5) is 0 Å². The molecule has 2 aliphatic heterocycles. The van der Waals surface area contributed by atoms with Gasteiger partial charge in [0.2, 0.25) is 0 Å². The Labute approximate surface area is 202 Å². The Bertz CT molecular complexity index is 1280. The molecule has 2 aromatic rings. The van der Waals surface area contributed by atoms with Crippen molar-refractivity contribution in [3.05, 3.63) is 65.2 Å². The van der Waals surface area contributed by atoms with Crippen LogP contribution in [0.5, 0.6) is 11.5 Å². The largest absolute Gasteiger partial charge is 0.493 e. The number of alkyl halides is 1. The van der Waals surface area contributed by atoms with Crippen molar-refractivity contribution < 1.29 is 22.1 Å². The van der Waals surface area contributed by atoms with E-state index in [1.807, 2.05) is 19.1 Å². The molecule has 5 atom stereocenters. The van der Waals surface area contributed by atoms with Gasteiger partial charge in [-0.25, -0.2) is 0 Å². The zero-order valence-electron chi connectivity index (χ0n) is 18.7. The molecule has 2 heterocycles. The first kappa shape index (κ1) is 21.6. The van der Waals surface area contributed by atoms with Crippen molar-refractivity contribution in [2.45, 2.75) is 52.6 Å². The minimum Gasteiger partial charge on any atom is -0.493 e. The Balaban J connectivity index is 1.50. The average Bonchev–Trinajstić information content (AvgIpc) is 3.14. The fourth-order valence-corrected chi connectivity index (χ4v) is 8.68. The third-order valence-electron chi connectivity index (χ3n) is 7.95. The van der Waals surface area contributed by atoms with Crippen LogP contribution in [0, 0.1) is 6.92 Å². The quantitative estimate of drug-likeness (QED) is 0.340. The fourth-order valence-electron chi connectivity index (χ4n) is 6.35. The van der Waals surface area contributed by atoms with E-state index in [0.29, 0.717) is 5.75 Å². The molecule has 0 amide bonds. The number of likely N-dealkylation sites (tertiary alicyclic amines) is 1. The van der Waals surface area contributed by atoms with Gasteiger partial charge in [0.1, 0.15) is 12.2 Å². The molecule has 4 aliphatic rings. The van der Waals surface area contributed by atoms with E-state index in [9.17, 15) is 8.42 Å². The van der Waals surface area contributed by atoms with Crippen molar-refractivity contribution in [1.29, 1.82) is 0 Å². The second-order valence-electron chi connectivity index (χ2n) is 9.55. The first-order valence-corrected chi connectivity index (χ1v) is 13.4. The monoisotopic (exact) mass is 531 g/mol. The van der Waals surface area contributed by atoms with E-state index >= 15 is 0 Å². The van der Waals surface area contributed by atoms with Crippen LogP contribution >= 0.6 is 15.9 Å². The van der Waals surface area contributed by atoms with Crippen LogP contribution in [0.2, 0.25) is 0 Å². The summed E-state index contributed by atoms with van der Waals surface area (Å²) in [4.78, 5) is 2.53. The van der Waals surface area contributed by atoms with Crippen LogP contribution < -0.4 is 9.47 Å². The molecule has 1 saturated heterocycles. The molecule has 0 unspecified atom stereocenters. The molecule has 0 aromatic heterocycles. The summed E-state index contributed by atoms with van der Waals surface area (Å²) in [5.41, 5.74) is 2.90. The molecular weight excluding hydrogens is 506 g/mol. The van der Waals surface area contributed by atoms with Gasteiger partial charge in [-0.2, -0.15) is 8.42 Å². The fraction of sp³-hybridized carbons (Fsp3) is 0.440.